The summed E-state index contributed by atoms with van der Waals surface area (Å²) in [6.45, 7) is 11.2. The summed E-state index contributed by atoms with van der Waals surface area (Å²) in [4.78, 5) is 7.14. The van der Waals surface area contributed by atoms with Gasteiger partial charge in [-0.2, -0.15) is 0 Å². The Labute approximate surface area is 170 Å². The number of hydrogen-bond acceptors (Lipinski definition) is 4. The lowest BCUT2D eigenvalue weighted by atomic mass is 10.1. The Balaban J connectivity index is 0.00000312. The Kier molecular flexibility index (Phi) is 12.8. The van der Waals surface area contributed by atoms with Crippen LogP contribution in [0.4, 0.5) is 0 Å². The molecule has 0 aliphatic carbocycles. The lowest BCUT2D eigenvalue weighted by molar-refractivity contribution is -0.0318. The van der Waals surface area contributed by atoms with Crippen molar-refractivity contribution in [3.8, 4) is 0 Å². The molecule has 7 heteroatoms. The average Bonchev–Trinajstić information content (AvgIpc) is 2.62. The lowest BCUT2D eigenvalue weighted by Gasteiger charge is -2.34. The van der Waals surface area contributed by atoms with Crippen LogP contribution in [0, 0.1) is 0 Å². The van der Waals surface area contributed by atoms with Crippen LogP contribution >= 0.6 is 24.0 Å². The number of ether oxygens (including phenoxy) is 3. The summed E-state index contributed by atoms with van der Waals surface area (Å²) in [7, 11) is 0. The predicted octanol–water partition coefficient (Wildman–Crippen LogP) is 2.66. The first-order chi connectivity index (χ1) is 11.8. The zero-order valence-corrected chi connectivity index (χ0v) is 18.2. The Morgan fingerprint density at radius 1 is 1.08 bits per heavy atom. The van der Waals surface area contributed by atoms with Crippen LogP contribution in [0.3, 0.4) is 0 Å². The molecule has 2 heterocycles. The molecule has 0 aromatic carbocycles. The van der Waals surface area contributed by atoms with Gasteiger partial charge in [0.25, 0.3) is 0 Å². The Morgan fingerprint density at radius 2 is 1.76 bits per heavy atom. The fraction of sp³-hybridized carbons (Fsp3) is 0.944. The zero-order valence-electron chi connectivity index (χ0n) is 15.9. The maximum Gasteiger partial charge on any atom is 0.193 e. The van der Waals surface area contributed by atoms with Crippen LogP contribution < -0.4 is 5.32 Å². The number of guanidine groups is 1. The maximum atomic E-state index is 5.91. The van der Waals surface area contributed by atoms with Crippen molar-refractivity contribution in [2.75, 3.05) is 52.6 Å². The van der Waals surface area contributed by atoms with E-state index >= 15 is 0 Å². The van der Waals surface area contributed by atoms with Crippen molar-refractivity contribution in [1.82, 2.24) is 10.2 Å². The van der Waals surface area contributed by atoms with E-state index in [-0.39, 0.29) is 24.0 Å². The summed E-state index contributed by atoms with van der Waals surface area (Å²) in [5.74, 6) is 1.04. The van der Waals surface area contributed by atoms with E-state index < -0.39 is 0 Å². The van der Waals surface area contributed by atoms with E-state index in [1.165, 1.54) is 0 Å². The first-order valence-corrected chi connectivity index (χ1v) is 9.67. The molecule has 0 saturated carbocycles. The highest BCUT2D eigenvalue weighted by molar-refractivity contribution is 14.0. The molecule has 25 heavy (non-hydrogen) atoms. The first kappa shape index (κ1) is 22.9. The van der Waals surface area contributed by atoms with Gasteiger partial charge in [0, 0.05) is 52.6 Å². The van der Waals surface area contributed by atoms with Gasteiger partial charge >= 0.3 is 0 Å². The number of piperidine rings is 1. The Hall–Kier alpha value is -0.120. The molecule has 0 radical (unpaired) electrons. The third-order valence-corrected chi connectivity index (χ3v) is 4.56. The van der Waals surface area contributed by atoms with Gasteiger partial charge in [-0.15, -0.1) is 24.0 Å². The third-order valence-electron chi connectivity index (χ3n) is 4.56. The molecule has 0 bridgehead atoms. The number of halogens is 1. The molecule has 0 atom stereocenters. The quantitative estimate of drug-likeness (QED) is 0.257. The van der Waals surface area contributed by atoms with Crippen molar-refractivity contribution in [3.63, 3.8) is 0 Å². The van der Waals surface area contributed by atoms with Crippen LogP contribution in [0.1, 0.15) is 46.0 Å². The van der Waals surface area contributed by atoms with Crippen LogP contribution in [-0.2, 0) is 14.2 Å². The standard InChI is InChI=1S/C18H35N3O3.HI/c1-3-19-18(21-11-6-16(7-12-21)23-4-2)20-10-5-13-24-17-8-14-22-15-9-17;/h16-17H,3-15H2,1-2H3,(H,19,20);1H. The minimum atomic E-state index is 0. The van der Waals surface area contributed by atoms with E-state index in [2.05, 4.69) is 24.1 Å². The van der Waals surface area contributed by atoms with Gasteiger partial charge in [-0.05, 0) is 46.0 Å². The third kappa shape index (κ3) is 8.88. The fourth-order valence-corrected chi connectivity index (χ4v) is 3.24. The molecule has 148 valence electrons. The van der Waals surface area contributed by atoms with Gasteiger partial charge in [-0.1, -0.05) is 0 Å². The molecule has 1 N–H and O–H groups in total. The molecule has 0 unspecified atom stereocenters. The molecule has 0 spiro atoms. The molecule has 0 aromatic rings. The summed E-state index contributed by atoms with van der Waals surface area (Å²) >= 11 is 0. The molecular weight excluding hydrogens is 433 g/mol. The Bertz CT molecular complexity index is 357. The Morgan fingerprint density at radius 3 is 2.40 bits per heavy atom. The molecule has 0 aromatic heterocycles. The monoisotopic (exact) mass is 469 g/mol. The van der Waals surface area contributed by atoms with Gasteiger partial charge in [-0.25, -0.2) is 0 Å². The van der Waals surface area contributed by atoms with Crippen molar-refractivity contribution >= 4 is 29.9 Å². The van der Waals surface area contributed by atoms with Crippen LogP contribution in [0.2, 0.25) is 0 Å². The largest absolute Gasteiger partial charge is 0.381 e. The molecular formula is C18H36IN3O3. The van der Waals surface area contributed by atoms with Crippen LogP contribution in [0.15, 0.2) is 4.99 Å². The number of hydrogen-bond donors (Lipinski definition) is 1. The molecule has 0 amide bonds. The van der Waals surface area contributed by atoms with Gasteiger partial charge in [0.1, 0.15) is 0 Å². The summed E-state index contributed by atoms with van der Waals surface area (Å²) in [6.07, 6.45) is 6.01. The minimum absolute atomic E-state index is 0. The van der Waals surface area contributed by atoms with Crippen molar-refractivity contribution in [3.05, 3.63) is 0 Å². The predicted molar refractivity (Wildman–Crippen MR) is 112 cm³/mol. The summed E-state index contributed by atoms with van der Waals surface area (Å²) in [5, 5.41) is 3.42. The van der Waals surface area contributed by atoms with Crippen LogP contribution in [-0.4, -0.2) is 75.7 Å². The maximum absolute atomic E-state index is 5.91. The summed E-state index contributed by atoms with van der Waals surface area (Å²) < 4.78 is 17.0. The lowest BCUT2D eigenvalue weighted by Crippen LogP contribution is -2.47. The molecule has 2 aliphatic rings. The molecule has 2 rings (SSSR count). The van der Waals surface area contributed by atoms with Crippen LogP contribution in [0.5, 0.6) is 0 Å². The van der Waals surface area contributed by atoms with Crippen molar-refractivity contribution < 1.29 is 14.2 Å². The highest BCUT2D eigenvalue weighted by Crippen LogP contribution is 2.14. The van der Waals surface area contributed by atoms with E-state index in [1.54, 1.807) is 0 Å². The number of aliphatic imine (C=N–C) groups is 1. The van der Waals surface area contributed by atoms with Gasteiger partial charge in [-0.3, -0.25) is 4.99 Å². The smallest absolute Gasteiger partial charge is 0.193 e. The van der Waals surface area contributed by atoms with Gasteiger partial charge < -0.3 is 24.4 Å². The number of rotatable bonds is 8. The SMILES string of the molecule is CCNC(=NCCCOC1CCOCC1)N1CCC(OCC)CC1.I. The normalized spacial score (nSPS) is 20.4. The van der Waals surface area contributed by atoms with Crippen LogP contribution in [0.25, 0.3) is 0 Å². The second-order valence-electron chi connectivity index (χ2n) is 6.41. The second kappa shape index (κ2) is 14.0. The van der Waals surface area contributed by atoms with E-state index in [0.717, 1.165) is 90.7 Å². The molecule has 2 saturated heterocycles. The topological polar surface area (TPSA) is 55.3 Å². The van der Waals surface area contributed by atoms with Crippen molar-refractivity contribution in [1.29, 1.82) is 0 Å². The molecule has 2 aliphatic heterocycles. The fourth-order valence-electron chi connectivity index (χ4n) is 3.24. The highest BCUT2D eigenvalue weighted by Gasteiger charge is 2.21. The van der Waals surface area contributed by atoms with Gasteiger partial charge in [0.2, 0.25) is 0 Å². The second-order valence-corrected chi connectivity index (χ2v) is 6.41. The number of nitrogens with zero attached hydrogens (tertiary/aromatic N) is 2. The van der Waals surface area contributed by atoms with E-state index in [1.807, 2.05) is 0 Å². The minimum Gasteiger partial charge on any atom is -0.381 e. The van der Waals surface area contributed by atoms with Gasteiger partial charge in [0.05, 0.1) is 12.2 Å². The van der Waals surface area contributed by atoms with E-state index in [9.17, 15) is 0 Å². The summed E-state index contributed by atoms with van der Waals surface area (Å²) in [5.41, 5.74) is 0. The molecule has 6 nitrogen and oxygen atoms in total. The average molecular weight is 469 g/mol. The molecule has 2 fully saturated rings. The van der Waals surface area contributed by atoms with E-state index in [0.29, 0.717) is 12.2 Å². The number of likely N-dealkylation sites (tertiary alicyclic amines) is 1. The number of nitrogens with one attached hydrogen (secondary N) is 1. The van der Waals surface area contributed by atoms with Crippen molar-refractivity contribution in [2.24, 2.45) is 4.99 Å². The summed E-state index contributed by atoms with van der Waals surface area (Å²) in [6, 6.07) is 0. The van der Waals surface area contributed by atoms with Gasteiger partial charge in [0.15, 0.2) is 5.96 Å². The zero-order chi connectivity index (χ0) is 17.0. The first-order valence-electron chi connectivity index (χ1n) is 9.67. The van der Waals surface area contributed by atoms with Crippen molar-refractivity contribution in [2.45, 2.75) is 58.2 Å². The highest BCUT2D eigenvalue weighted by atomic mass is 127. The van der Waals surface area contributed by atoms with E-state index in [4.69, 9.17) is 19.2 Å².